The summed E-state index contributed by atoms with van der Waals surface area (Å²) in [4.78, 5) is 11.6. The highest BCUT2D eigenvalue weighted by molar-refractivity contribution is 5.72. The molecule has 0 aromatic heterocycles. The molecule has 15 heavy (non-hydrogen) atoms. The molecule has 1 rings (SSSR count). The number of piperidine rings is 1. The molecule has 88 valence electrons. The van der Waals surface area contributed by atoms with Crippen molar-refractivity contribution in [1.82, 2.24) is 5.32 Å². The van der Waals surface area contributed by atoms with Crippen LogP contribution in [0.15, 0.2) is 0 Å². The summed E-state index contributed by atoms with van der Waals surface area (Å²) in [6.07, 6.45) is 5.54. The summed E-state index contributed by atoms with van der Waals surface area (Å²) in [7, 11) is 0. The molecule has 0 aromatic carbocycles. The molecule has 1 N–H and O–H groups in total. The number of carbonyl (C=O) groups is 1. The third-order valence-electron chi connectivity index (χ3n) is 3.02. The zero-order valence-corrected chi connectivity index (χ0v) is 9.92. The van der Waals surface area contributed by atoms with Gasteiger partial charge in [-0.1, -0.05) is 19.8 Å². The van der Waals surface area contributed by atoms with Crippen LogP contribution in [0.1, 0.15) is 46.0 Å². The fourth-order valence-electron chi connectivity index (χ4n) is 2.15. The molecule has 0 saturated carbocycles. The van der Waals surface area contributed by atoms with E-state index in [1.54, 1.807) is 0 Å². The molecule has 1 fully saturated rings. The van der Waals surface area contributed by atoms with Crippen LogP contribution in [0.4, 0.5) is 0 Å². The van der Waals surface area contributed by atoms with Crippen LogP contribution in [0, 0.1) is 5.92 Å². The normalized spacial score (nSPS) is 26.3. The minimum Gasteiger partial charge on any atom is -0.466 e. The summed E-state index contributed by atoms with van der Waals surface area (Å²) in [6, 6.07) is 0.521. The monoisotopic (exact) mass is 213 g/mol. The average Bonchev–Trinajstić information content (AvgIpc) is 2.27. The lowest BCUT2D eigenvalue weighted by molar-refractivity contribution is -0.149. The highest BCUT2D eigenvalue weighted by atomic mass is 16.5. The Morgan fingerprint density at radius 1 is 1.47 bits per heavy atom. The second kappa shape index (κ2) is 6.83. The largest absolute Gasteiger partial charge is 0.466 e. The minimum atomic E-state index is 0.000462. The molecule has 0 spiro atoms. The van der Waals surface area contributed by atoms with Gasteiger partial charge in [0.05, 0.1) is 12.5 Å². The number of carbonyl (C=O) groups excluding carboxylic acids is 1. The van der Waals surface area contributed by atoms with Crippen LogP contribution < -0.4 is 5.32 Å². The SMILES string of the molecule is CCCCC1CC(C(=O)OCC)CCN1. The second-order valence-electron chi connectivity index (χ2n) is 4.27. The smallest absolute Gasteiger partial charge is 0.309 e. The fourth-order valence-corrected chi connectivity index (χ4v) is 2.15. The van der Waals surface area contributed by atoms with E-state index in [-0.39, 0.29) is 11.9 Å². The van der Waals surface area contributed by atoms with Gasteiger partial charge in [0.15, 0.2) is 0 Å². The summed E-state index contributed by atoms with van der Waals surface area (Å²) in [5, 5.41) is 3.47. The van der Waals surface area contributed by atoms with Gasteiger partial charge in [0.2, 0.25) is 0 Å². The van der Waals surface area contributed by atoms with Crippen LogP contribution in [0.5, 0.6) is 0 Å². The zero-order valence-electron chi connectivity index (χ0n) is 9.92. The molecule has 1 aliphatic rings. The number of ether oxygens (including phenoxy) is 1. The topological polar surface area (TPSA) is 38.3 Å². The molecule has 0 aromatic rings. The van der Waals surface area contributed by atoms with E-state index in [2.05, 4.69) is 12.2 Å². The lowest BCUT2D eigenvalue weighted by Crippen LogP contribution is -2.40. The van der Waals surface area contributed by atoms with Gasteiger partial charge in [-0.3, -0.25) is 4.79 Å². The molecule has 0 radical (unpaired) electrons. The van der Waals surface area contributed by atoms with E-state index in [0.717, 1.165) is 19.4 Å². The van der Waals surface area contributed by atoms with Gasteiger partial charge in [0.25, 0.3) is 0 Å². The molecular weight excluding hydrogens is 190 g/mol. The molecule has 2 atom stereocenters. The van der Waals surface area contributed by atoms with Crippen molar-refractivity contribution in [3.8, 4) is 0 Å². The maximum Gasteiger partial charge on any atom is 0.309 e. The number of esters is 1. The van der Waals surface area contributed by atoms with Gasteiger partial charge < -0.3 is 10.1 Å². The third-order valence-corrected chi connectivity index (χ3v) is 3.02. The minimum absolute atomic E-state index is 0.000462. The van der Waals surface area contributed by atoms with Gasteiger partial charge in [-0.2, -0.15) is 0 Å². The Morgan fingerprint density at radius 2 is 2.27 bits per heavy atom. The van der Waals surface area contributed by atoms with Crippen molar-refractivity contribution < 1.29 is 9.53 Å². The molecule has 3 nitrogen and oxygen atoms in total. The van der Waals surface area contributed by atoms with E-state index in [9.17, 15) is 4.79 Å². The molecule has 0 aliphatic carbocycles. The molecule has 1 aliphatic heterocycles. The van der Waals surface area contributed by atoms with Crippen LogP contribution in [-0.4, -0.2) is 25.2 Å². The van der Waals surface area contributed by atoms with Gasteiger partial charge in [0.1, 0.15) is 0 Å². The highest BCUT2D eigenvalue weighted by Gasteiger charge is 2.27. The van der Waals surface area contributed by atoms with Crippen molar-refractivity contribution in [2.24, 2.45) is 5.92 Å². The molecule has 0 bridgehead atoms. The Kier molecular flexibility index (Phi) is 5.69. The Bertz CT molecular complexity index is 194. The van der Waals surface area contributed by atoms with Crippen molar-refractivity contribution in [2.45, 2.75) is 52.0 Å². The number of nitrogens with one attached hydrogen (secondary N) is 1. The highest BCUT2D eigenvalue weighted by Crippen LogP contribution is 2.20. The van der Waals surface area contributed by atoms with E-state index in [1.807, 2.05) is 6.92 Å². The van der Waals surface area contributed by atoms with Gasteiger partial charge >= 0.3 is 5.97 Å². The molecule has 1 saturated heterocycles. The Morgan fingerprint density at radius 3 is 2.93 bits per heavy atom. The number of hydrogen-bond donors (Lipinski definition) is 1. The van der Waals surface area contributed by atoms with E-state index in [0.29, 0.717) is 12.6 Å². The predicted molar refractivity (Wildman–Crippen MR) is 60.7 cm³/mol. The van der Waals surface area contributed by atoms with Crippen molar-refractivity contribution in [1.29, 1.82) is 0 Å². The lowest BCUT2D eigenvalue weighted by Gasteiger charge is -2.29. The van der Waals surface area contributed by atoms with E-state index < -0.39 is 0 Å². The molecule has 3 heteroatoms. The summed E-state index contributed by atoms with van der Waals surface area (Å²) in [6.45, 7) is 5.53. The van der Waals surface area contributed by atoms with Gasteiger partial charge in [-0.05, 0) is 32.7 Å². The first-order chi connectivity index (χ1) is 7.27. The van der Waals surface area contributed by atoms with Crippen molar-refractivity contribution >= 4 is 5.97 Å². The van der Waals surface area contributed by atoms with Crippen LogP contribution in [0.25, 0.3) is 0 Å². The van der Waals surface area contributed by atoms with Gasteiger partial charge in [0, 0.05) is 6.04 Å². The summed E-state index contributed by atoms with van der Waals surface area (Å²) in [5.74, 6) is 0.133. The molecule has 2 unspecified atom stereocenters. The van der Waals surface area contributed by atoms with E-state index in [4.69, 9.17) is 4.74 Å². The molecule has 1 heterocycles. The van der Waals surface area contributed by atoms with Crippen molar-refractivity contribution in [3.05, 3.63) is 0 Å². The van der Waals surface area contributed by atoms with E-state index >= 15 is 0 Å². The maximum absolute atomic E-state index is 11.6. The Hall–Kier alpha value is -0.570. The average molecular weight is 213 g/mol. The van der Waals surface area contributed by atoms with E-state index in [1.165, 1.54) is 19.3 Å². The second-order valence-corrected chi connectivity index (χ2v) is 4.27. The van der Waals surface area contributed by atoms with Crippen molar-refractivity contribution in [2.75, 3.05) is 13.2 Å². The number of unbranched alkanes of at least 4 members (excludes halogenated alkanes) is 1. The van der Waals surface area contributed by atoms with Gasteiger partial charge in [-0.15, -0.1) is 0 Å². The summed E-state index contributed by atoms with van der Waals surface area (Å²) >= 11 is 0. The quantitative estimate of drug-likeness (QED) is 0.711. The van der Waals surface area contributed by atoms with Crippen LogP contribution in [-0.2, 0) is 9.53 Å². The fraction of sp³-hybridized carbons (Fsp3) is 0.917. The Labute approximate surface area is 92.6 Å². The number of hydrogen-bond acceptors (Lipinski definition) is 3. The number of rotatable bonds is 5. The van der Waals surface area contributed by atoms with Crippen LogP contribution >= 0.6 is 0 Å². The van der Waals surface area contributed by atoms with Crippen LogP contribution in [0.2, 0.25) is 0 Å². The van der Waals surface area contributed by atoms with Gasteiger partial charge in [-0.25, -0.2) is 0 Å². The zero-order chi connectivity index (χ0) is 11.1. The molecule has 0 amide bonds. The third kappa shape index (κ3) is 4.20. The first kappa shape index (κ1) is 12.5. The predicted octanol–water partition coefficient (Wildman–Crippen LogP) is 2.11. The summed E-state index contributed by atoms with van der Waals surface area (Å²) in [5.41, 5.74) is 0. The standard InChI is InChI=1S/C12H23NO2/c1-3-5-6-11-9-10(7-8-13-11)12(14)15-4-2/h10-11,13H,3-9H2,1-2H3. The van der Waals surface area contributed by atoms with Crippen molar-refractivity contribution in [3.63, 3.8) is 0 Å². The Balaban J connectivity index is 2.31. The maximum atomic E-state index is 11.6. The first-order valence-corrected chi connectivity index (χ1v) is 6.18. The first-order valence-electron chi connectivity index (χ1n) is 6.18. The molecular formula is C12H23NO2. The van der Waals surface area contributed by atoms with Crippen LogP contribution in [0.3, 0.4) is 0 Å². The summed E-state index contributed by atoms with van der Waals surface area (Å²) < 4.78 is 5.07. The lowest BCUT2D eigenvalue weighted by atomic mass is 9.90.